The molecule has 1 atom stereocenters. The van der Waals surface area contributed by atoms with Crippen LogP contribution in [0.2, 0.25) is 0 Å². The van der Waals surface area contributed by atoms with Gasteiger partial charge in [-0.15, -0.1) is 0 Å². The standard InChI is InChI=1S/C24H32N4O2/c29-24(25-16-21-9-13-30-26-21)20-6-3-10-28(17-20)22-7-11-27(12-8-22)23-14-18-4-1-2-5-19(18)15-23/h1-2,4-5,9,13,20,22-23H,3,6-8,10-12,14-17H2,(H,25,29)/t20-/m0/s1. The highest BCUT2D eigenvalue weighted by molar-refractivity contribution is 5.78. The average molecular weight is 409 g/mol. The van der Waals surface area contributed by atoms with Crippen LogP contribution in [0, 0.1) is 5.92 Å². The molecule has 0 radical (unpaired) electrons. The number of nitrogens with zero attached hydrogens (tertiary/aromatic N) is 3. The molecule has 2 aromatic rings. The Balaban J connectivity index is 1.10. The molecular formula is C24H32N4O2. The van der Waals surface area contributed by atoms with E-state index < -0.39 is 0 Å². The second-order valence-electron chi connectivity index (χ2n) is 9.14. The minimum Gasteiger partial charge on any atom is -0.364 e. The van der Waals surface area contributed by atoms with Crippen LogP contribution in [0.4, 0.5) is 0 Å². The normalized spacial score (nSPS) is 24.1. The van der Waals surface area contributed by atoms with Crippen LogP contribution in [-0.4, -0.2) is 59.1 Å². The van der Waals surface area contributed by atoms with Crippen LogP contribution in [-0.2, 0) is 24.2 Å². The molecule has 1 amide bonds. The topological polar surface area (TPSA) is 61.6 Å². The second kappa shape index (κ2) is 8.90. The first-order valence-electron chi connectivity index (χ1n) is 11.5. The van der Waals surface area contributed by atoms with Crippen molar-refractivity contribution in [1.82, 2.24) is 20.3 Å². The number of amides is 1. The highest BCUT2D eigenvalue weighted by Crippen LogP contribution is 2.29. The summed E-state index contributed by atoms with van der Waals surface area (Å²) in [5, 5.41) is 6.90. The molecule has 3 heterocycles. The first-order chi connectivity index (χ1) is 14.8. The van der Waals surface area contributed by atoms with Gasteiger partial charge in [0.25, 0.3) is 0 Å². The lowest BCUT2D eigenvalue weighted by atomic mass is 9.92. The summed E-state index contributed by atoms with van der Waals surface area (Å²) in [5.41, 5.74) is 3.86. The van der Waals surface area contributed by atoms with E-state index in [9.17, 15) is 4.79 Å². The zero-order valence-corrected chi connectivity index (χ0v) is 17.6. The molecule has 0 saturated carbocycles. The molecule has 2 saturated heterocycles. The largest absolute Gasteiger partial charge is 0.364 e. The van der Waals surface area contributed by atoms with Gasteiger partial charge >= 0.3 is 0 Å². The van der Waals surface area contributed by atoms with Gasteiger partial charge in [-0.2, -0.15) is 0 Å². The Kier molecular flexibility index (Phi) is 5.86. The molecule has 0 bridgehead atoms. The highest BCUT2D eigenvalue weighted by atomic mass is 16.5. The number of hydrogen-bond acceptors (Lipinski definition) is 5. The lowest BCUT2D eigenvalue weighted by Gasteiger charge is -2.43. The van der Waals surface area contributed by atoms with Gasteiger partial charge in [0.1, 0.15) is 12.0 Å². The zero-order chi connectivity index (χ0) is 20.3. The Morgan fingerprint density at radius 3 is 2.47 bits per heavy atom. The predicted molar refractivity (Wildman–Crippen MR) is 115 cm³/mol. The number of piperidine rings is 2. The number of carbonyl (C=O) groups is 1. The molecule has 0 unspecified atom stereocenters. The highest BCUT2D eigenvalue weighted by Gasteiger charge is 2.34. The lowest BCUT2D eigenvalue weighted by molar-refractivity contribution is -0.127. The number of fused-ring (bicyclic) bond motifs is 1. The van der Waals surface area contributed by atoms with Crippen LogP contribution in [0.1, 0.15) is 42.5 Å². The van der Waals surface area contributed by atoms with Crippen molar-refractivity contribution in [1.29, 1.82) is 0 Å². The first kappa shape index (κ1) is 19.8. The molecule has 5 rings (SSSR count). The number of carbonyl (C=O) groups excluding carboxylic acids is 1. The molecule has 1 aliphatic carbocycles. The molecule has 1 aromatic heterocycles. The summed E-state index contributed by atoms with van der Waals surface area (Å²) in [6.07, 6.45) is 8.50. The van der Waals surface area contributed by atoms with Crippen molar-refractivity contribution in [3.8, 4) is 0 Å². The van der Waals surface area contributed by atoms with E-state index in [0.717, 1.165) is 31.6 Å². The third-order valence-electron chi connectivity index (χ3n) is 7.32. The van der Waals surface area contributed by atoms with E-state index >= 15 is 0 Å². The van der Waals surface area contributed by atoms with E-state index in [4.69, 9.17) is 4.52 Å². The van der Waals surface area contributed by atoms with E-state index in [1.807, 2.05) is 0 Å². The molecule has 160 valence electrons. The Labute approximate surface area is 178 Å². The summed E-state index contributed by atoms with van der Waals surface area (Å²) >= 11 is 0. The summed E-state index contributed by atoms with van der Waals surface area (Å²) in [6.45, 7) is 4.84. The molecular weight excluding hydrogens is 376 g/mol. The van der Waals surface area contributed by atoms with Crippen molar-refractivity contribution in [2.75, 3.05) is 26.2 Å². The summed E-state index contributed by atoms with van der Waals surface area (Å²) in [7, 11) is 0. The van der Waals surface area contributed by atoms with Gasteiger partial charge in [0.2, 0.25) is 5.91 Å². The van der Waals surface area contributed by atoms with E-state index in [1.54, 1.807) is 23.5 Å². The first-order valence-corrected chi connectivity index (χ1v) is 11.5. The molecule has 6 heteroatoms. The fraction of sp³-hybridized carbons (Fsp3) is 0.583. The fourth-order valence-corrected chi connectivity index (χ4v) is 5.61. The van der Waals surface area contributed by atoms with Crippen LogP contribution in [0.15, 0.2) is 41.1 Å². The number of benzene rings is 1. The van der Waals surface area contributed by atoms with Crippen molar-refractivity contribution in [2.24, 2.45) is 5.92 Å². The van der Waals surface area contributed by atoms with E-state index in [1.165, 1.54) is 38.8 Å². The Morgan fingerprint density at radius 1 is 1.00 bits per heavy atom. The van der Waals surface area contributed by atoms with Crippen molar-refractivity contribution >= 4 is 5.91 Å². The van der Waals surface area contributed by atoms with Crippen LogP contribution in [0.3, 0.4) is 0 Å². The minimum atomic E-state index is 0.0908. The third kappa shape index (κ3) is 4.30. The Bertz CT molecular complexity index is 820. The molecule has 2 aliphatic heterocycles. The van der Waals surface area contributed by atoms with E-state index in [2.05, 4.69) is 44.5 Å². The van der Waals surface area contributed by atoms with Gasteiger partial charge in [-0.1, -0.05) is 29.4 Å². The summed E-state index contributed by atoms with van der Waals surface area (Å²) in [5.74, 6) is 0.247. The van der Waals surface area contributed by atoms with Crippen molar-refractivity contribution in [3.05, 3.63) is 53.4 Å². The van der Waals surface area contributed by atoms with Gasteiger partial charge in [0, 0.05) is 24.7 Å². The molecule has 3 aliphatic rings. The molecule has 2 fully saturated rings. The van der Waals surface area contributed by atoms with Gasteiger partial charge in [0.15, 0.2) is 0 Å². The smallest absolute Gasteiger partial charge is 0.224 e. The van der Waals surface area contributed by atoms with Crippen molar-refractivity contribution < 1.29 is 9.32 Å². The van der Waals surface area contributed by atoms with Crippen LogP contribution in [0.5, 0.6) is 0 Å². The predicted octanol–water partition coefficient (Wildman–Crippen LogP) is 2.63. The lowest BCUT2D eigenvalue weighted by Crippen LogP contribution is -2.52. The van der Waals surface area contributed by atoms with E-state index in [-0.39, 0.29) is 11.8 Å². The maximum absolute atomic E-state index is 12.7. The summed E-state index contributed by atoms with van der Waals surface area (Å²) < 4.78 is 4.84. The van der Waals surface area contributed by atoms with Gasteiger partial charge in [-0.05, 0) is 69.3 Å². The quantitative estimate of drug-likeness (QED) is 0.824. The van der Waals surface area contributed by atoms with Gasteiger partial charge in [0.05, 0.1) is 12.5 Å². The van der Waals surface area contributed by atoms with Crippen LogP contribution >= 0.6 is 0 Å². The Hall–Kier alpha value is -2.18. The SMILES string of the molecule is O=C(NCc1ccon1)[C@H]1CCCN(C2CCN(C3Cc4ccccc4C3)CC2)C1. The van der Waals surface area contributed by atoms with Crippen LogP contribution in [0.25, 0.3) is 0 Å². The van der Waals surface area contributed by atoms with Gasteiger partial charge in [-0.3, -0.25) is 14.6 Å². The van der Waals surface area contributed by atoms with Gasteiger partial charge in [-0.25, -0.2) is 0 Å². The number of rotatable bonds is 5. The van der Waals surface area contributed by atoms with Gasteiger partial charge < -0.3 is 9.84 Å². The third-order valence-corrected chi connectivity index (χ3v) is 7.32. The molecule has 30 heavy (non-hydrogen) atoms. The number of hydrogen-bond donors (Lipinski definition) is 1. The maximum Gasteiger partial charge on any atom is 0.224 e. The summed E-state index contributed by atoms with van der Waals surface area (Å²) in [6, 6.07) is 12.0. The van der Waals surface area contributed by atoms with Crippen LogP contribution < -0.4 is 5.32 Å². The minimum absolute atomic E-state index is 0.0908. The Morgan fingerprint density at radius 2 is 1.77 bits per heavy atom. The maximum atomic E-state index is 12.7. The van der Waals surface area contributed by atoms with E-state index in [0.29, 0.717) is 18.6 Å². The zero-order valence-electron chi connectivity index (χ0n) is 17.6. The number of likely N-dealkylation sites (tertiary alicyclic amines) is 2. The average Bonchev–Trinajstić information content (AvgIpc) is 3.47. The molecule has 1 aromatic carbocycles. The fourth-order valence-electron chi connectivity index (χ4n) is 5.61. The number of nitrogens with one attached hydrogen (secondary N) is 1. The second-order valence-corrected chi connectivity index (χ2v) is 9.14. The molecule has 0 spiro atoms. The molecule has 6 nitrogen and oxygen atoms in total. The number of aromatic nitrogens is 1. The van der Waals surface area contributed by atoms with Crippen molar-refractivity contribution in [2.45, 2.75) is 57.2 Å². The van der Waals surface area contributed by atoms with Crippen molar-refractivity contribution in [3.63, 3.8) is 0 Å². The summed E-state index contributed by atoms with van der Waals surface area (Å²) in [4.78, 5) is 17.9. The monoisotopic (exact) mass is 408 g/mol. The molecule has 1 N–H and O–H groups in total.